The summed E-state index contributed by atoms with van der Waals surface area (Å²) in [6, 6.07) is 10.4. The summed E-state index contributed by atoms with van der Waals surface area (Å²) in [6.07, 6.45) is 8.39. The number of rotatable bonds is 8. The van der Waals surface area contributed by atoms with Crippen molar-refractivity contribution in [1.82, 2.24) is 24.1 Å². The second-order valence-electron chi connectivity index (χ2n) is 10.3. The Morgan fingerprint density at radius 2 is 1.92 bits per heavy atom. The minimum Gasteiger partial charge on any atom is -0.370 e. The zero-order valence-electron chi connectivity index (χ0n) is 21.2. The summed E-state index contributed by atoms with van der Waals surface area (Å²) in [5.41, 5.74) is 2.90. The number of hydrogen-bond acceptors (Lipinski definition) is 9. The molecule has 1 saturated heterocycles. The van der Waals surface area contributed by atoms with E-state index in [4.69, 9.17) is 5.26 Å². The van der Waals surface area contributed by atoms with E-state index < -0.39 is 10.0 Å². The van der Waals surface area contributed by atoms with E-state index in [-0.39, 0.29) is 5.25 Å². The van der Waals surface area contributed by atoms with Crippen molar-refractivity contribution >= 4 is 38.1 Å². The number of nitrogens with zero attached hydrogens (tertiary/aromatic N) is 7. The molecule has 3 aromatic heterocycles. The number of aromatic nitrogens is 5. The van der Waals surface area contributed by atoms with Crippen LogP contribution in [0.25, 0.3) is 22.2 Å². The minimum atomic E-state index is -3.45. The molecule has 6 rings (SSSR count). The van der Waals surface area contributed by atoms with E-state index in [0.717, 1.165) is 33.6 Å². The molecular formula is C27H28N8O2S. The van der Waals surface area contributed by atoms with Crippen LogP contribution >= 0.6 is 0 Å². The van der Waals surface area contributed by atoms with E-state index in [1.54, 1.807) is 12.3 Å². The molecule has 10 nitrogen and oxygen atoms in total. The molecule has 0 amide bonds. The van der Waals surface area contributed by atoms with Gasteiger partial charge in [-0.2, -0.15) is 14.4 Å². The zero-order valence-corrected chi connectivity index (χ0v) is 22.1. The summed E-state index contributed by atoms with van der Waals surface area (Å²) in [5, 5.41) is 18.2. The van der Waals surface area contributed by atoms with E-state index in [1.807, 2.05) is 12.3 Å². The van der Waals surface area contributed by atoms with Crippen molar-refractivity contribution < 1.29 is 8.42 Å². The average Bonchev–Trinajstić information content (AvgIpc) is 3.62. The fourth-order valence-corrected chi connectivity index (χ4v) is 6.37. The Hall–Kier alpha value is -4.04. The fraction of sp³-hybridized carbons (Fsp3) is 0.370. The third-order valence-electron chi connectivity index (χ3n) is 7.15. The van der Waals surface area contributed by atoms with E-state index in [0.29, 0.717) is 54.1 Å². The van der Waals surface area contributed by atoms with Gasteiger partial charge in [0.15, 0.2) is 5.82 Å². The number of fused-ring (bicyclic) bond motifs is 1. The lowest BCUT2D eigenvalue weighted by atomic mass is 9.92. The molecule has 0 bridgehead atoms. The van der Waals surface area contributed by atoms with Gasteiger partial charge in [0.2, 0.25) is 0 Å². The molecule has 2 aliphatic rings. The predicted octanol–water partition coefficient (Wildman–Crippen LogP) is 4.45. The standard InChI is InChI=1S/C27H28N8O2S/c1-17(2)21-5-6-24(34-14-18(15-34)7-9-28)23-13-30-26(11-22(21)23)32-25-8-10-29-27(33-25)19-12-31-35(16-19)38(36,37)20-3-4-20/h5-6,8,10-13,16-18,20H,3-4,7,14-15H2,1-2H3,(H,29,30,32,33). The van der Waals surface area contributed by atoms with Gasteiger partial charge >= 0.3 is 0 Å². The van der Waals surface area contributed by atoms with Gasteiger partial charge in [-0.3, -0.25) is 0 Å². The summed E-state index contributed by atoms with van der Waals surface area (Å²) < 4.78 is 26.0. The van der Waals surface area contributed by atoms with E-state index >= 15 is 0 Å². The fourth-order valence-electron chi connectivity index (χ4n) is 4.90. The molecule has 0 unspecified atom stereocenters. The van der Waals surface area contributed by atoms with Gasteiger partial charge in [0.25, 0.3) is 10.0 Å². The summed E-state index contributed by atoms with van der Waals surface area (Å²) >= 11 is 0. The first-order valence-electron chi connectivity index (χ1n) is 12.8. The van der Waals surface area contributed by atoms with Crippen LogP contribution in [0.2, 0.25) is 0 Å². The molecule has 1 saturated carbocycles. The van der Waals surface area contributed by atoms with Crippen LogP contribution in [-0.2, 0) is 10.0 Å². The van der Waals surface area contributed by atoms with Gasteiger partial charge < -0.3 is 10.2 Å². The molecular weight excluding hydrogens is 500 g/mol. The van der Waals surface area contributed by atoms with Gasteiger partial charge in [-0.15, -0.1) is 0 Å². The molecule has 0 spiro atoms. The lowest BCUT2D eigenvalue weighted by Gasteiger charge is -2.40. The molecule has 38 heavy (non-hydrogen) atoms. The third kappa shape index (κ3) is 4.45. The smallest absolute Gasteiger partial charge is 0.256 e. The molecule has 2 fully saturated rings. The van der Waals surface area contributed by atoms with Crippen LogP contribution in [-0.4, -0.2) is 50.9 Å². The molecule has 4 aromatic rings. The highest BCUT2D eigenvalue weighted by atomic mass is 32.2. The number of anilines is 3. The zero-order chi connectivity index (χ0) is 26.4. The second-order valence-corrected chi connectivity index (χ2v) is 12.4. The van der Waals surface area contributed by atoms with Crippen LogP contribution in [0.5, 0.6) is 0 Å². The van der Waals surface area contributed by atoms with Gasteiger partial charge in [0.1, 0.15) is 11.6 Å². The van der Waals surface area contributed by atoms with Crippen LogP contribution < -0.4 is 10.2 Å². The Labute approximate surface area is 221 Å². The van der Waals surface area contributed by atoms with Crippen molar-refractivity contribution in [3.8, 4) is 17.5 Å². The van der Waals surface area contributed by atoms with Crippen LogP contribution in [0.4, 0.5) is 17.3 Å². The number of nitrogens with one attached hydrogen (secondary N) is 1. The van der Waals surface area contributed by atoms with E-state index in [1.165, 1.54) is 18.0 Å². The molecule has 4 heterocycles. The maximum absolute atomic E-state index is 12.5. The van der Waals surface area contributed by atoms with Gasteiger partial charge in [0.05, 0.1) is 29.3 Å². The van der Waals surface area contributed by atoms with Crippen molar-refractivity contribution in [2.45, 2.75) is 44.3 Å². The predicted molar refractivity (Wildman–Crippen MR) is 146 cm³/mol. The first-order chi connectivity index (χ1) is 18.3. The first-order valence-corrected chi connectivity index (χ1v) is 14.3. The van der Waals surface area contributed by atoms with E-state index in [9.17, 15) is 8.42 Å². The molecule has 1 aliphatic heterocycles. The minimum absolute atomic E-state index is 0.332. The van der Waals surface area contributed by atoms with Crippen LogP contribution in [0, 0.1) is 17.2 Å². The van der Waals surface area contributed by atoms with Gasteiger partial charge in [-0.25, -0.2) is 23.4 Å². The average molecular weight is 529 g/mol. The maximum atomic E-state index is 12.5. The Kier molecular flexibility index (Phi) is 5.99. The van der Waals surface area contributed by atoms with Crippen molar-refractivity contribution in [2.75, 3.05) is 23.3 Å². The van der Waals surface area contributed by atoms with E-state index in [2.05, 4.69) is 62.3 Å². The first kappa shape index (κ1) is 24.3. The highest BCUT2D eigenvalue weighted by Gasteiger charge is 2.37. The Morgan fingerprint density at radius 3 is 2.66 bits per heavy atom. The summed E-state index contributed by atoms with van der Waals surface area (Å²) in [6.45, 7) is 6.11. The van der Waals surface area contributed by atoms with Gasteiger partial charge in [-0.05, 0) is 47.9 Å². The largest absolute Gasteiger partial charge is 0.370 e. The molecule has 0 radical (unpaired) electrons. The Bertz CT molecular complexity index is 1660. The summed E-state index contributed by atoms with van der Waals surface area (Å²) in [5.74, 6) is 2.33. The normalized spacial score (nSPS) is 16.0. The van der Waals surface area contributed by atoms with Gasteiger partial charge in [-0.1, -0.05) is 19.9 Å². The van der Waals surface area contributed by atoms with Gasteiger partial charge in [0, 0.05) is 48.9 Å². The monoisotopic (exact) mass is 528 g/mol. The third-order valence-corrected chi connectivity index (χ3v) is 9.18. The maximum Gasteiger partial charge on any atom is 0.256 e. The Balaban J connectivity index is 1.28. The second kappa shape index (κ2) is 9.36. The van der Waals surface area contributed by atoms with Crippen molar-refractivity contribution in [1.29, 1.82) is 5.26 Å². The molecule has 1 aromatic carbocycles. The Morgan fingerprint density at radius 1 is 1.11 bits per heavy atom. The molecule has 1 aliphatic carbocycles. The van der Waals surface area contributed by atoms with Crippen LogP contribution in [0.15, 0.2) is 49.1 Å². The number of pyridine rings is 1. The number of benzene rings is 1. The highest BCUT2D eigenvalue weighted by Crippen LogP contribution is 2.37. The highest BCUT2D eigenvalue weighted by molar-refractivity contribution is 7.90. The topological polar surface area (TPSA) is 130 Å². The summed E-state index contributed by atoms with van der Waals surface area (Å²) in [4.78, 5) is 15.9. The molecule has 0 atom stereocenters. The molecule has 194 valence electrons. The summed E-state index contributed by atoms with van der Waals surface area (Å²) in [7, 11) is -3.45. The van der Waals surface area contributed by atoms with Crippen LogP contribution in [0.3, 0.4) is 0 Å². The lowest BCUT2D eigenvalue weighted by molar-refractivity contribution is 0.419. The van der Waals surface area contributed by atoms with Crippen molar-refractivity contribution in [3.63, 3.8) is 0 Å². The van der Waals surface area contributed by atoms with Crippen molar-refractivity contribution in [2.24, 2.45) is 5.92 Å². The quantitative estimate of drug-likeness (QED) is 0.352. The lowest BCUT2D eigenvalue weighted by Crippen LogP contribution is -2.46. The number of hydrogen-bond donors (Lipinski definition) is 1. The SMILES string of the molecule is CC(C)c1ccc(N2CC(CC#N)C2)c2cnc(Nc3ccnc(-c4cnn(S(=O)(=O)C5CC5)c4)n3)cc12. The number of nitriles is 1. The molecule has 11 heteroatoms. The molecule has 1 N–H and O–H groups in total. The van der Waals surface area contributed by atoms with Crippen molar-refractivity contribution in [3.05, 3.63) is 54.6 Å². The van der Waals surface area contributed by atoms with Crippen LogP contribution in [0.1, 0.15) is 44.6 Å².